The van der Waals surface area contributed by atoms with Crippen molar-refractivity contribution in [1.29, 1.82) is 0 Å². The van der Waals surface area contributed by atoms with Gasteiger partial charge in [-0.2, -0.15) is 0 Å². The van der Waals surface area contributed by atoms with Crippen LogP contribution in [0, 0.1) is 0 Å². The average Bonchev–Trinajstić information content (AvgIpc) is 2.73. The molecule has 0 aliphatic carbocycles. The molecule has 31 heavy (non-hydrogen) atoms. The zero-order valence-corrected chi connectivity index (χ0v) is 17.7. The Labute approximate surface area is 178 Å². The summed E-state index contributed by atoms with van der Waals surface area (Å²) in [5.74, 6) is -0.627. The topological polar surface area (TPSA) is 130 Å². The number of rotatable bonds is 8. The molecular formula is C21H22N4O5S. The number of carbonyl (C=O) groups is 1. The summed E-state index contributed by atoms with van der Waals surface area (Å²) in [6.07, 6.45) is 1.46. The van der Waals surface area contributed by atoms with Gasteiger partial charge in [0.2, 0.25) is 10.0 Å². The highest BCUT2D eigenvalue weighted by molar-refractivity contribution is 7.88. The standard InChI is InChI=1S/C21H22N4O5S/c1-3-11-22-31(29,30)13-14-5-8-16(9-6-14)23-19(26)15-7-10-17-18(12-15)24-21(28)25(4-2)20(17)27/h3,5-10,12,22H,1,4,11,13H2,2H3,(H,23,26)(H,24,28). The lowest BCUT2D eigenvalue weighted by Gasteiger charge is -2.09. The smallest absolute Gasteiger partial charge is 0.322 e. The number of hydrogen-bond donors (Lipinski definition) is 3. The number of benzene rings is 2. The number of aromatic nitrogens is 2. The van der Waals surface area contributed by atoms with E-state index in [4.69, 9.17) is 0 Å². The molecule has 3 N–H and O–H groups in total. The van der Waals surface area contributed by atoms with Gasteiger partial charge in [0.25, 0.3) is 11.5 Å². The average molecular weight is 442 g/mol. The maximum Gasteiger partial charge on any atom is 0.328 e. The molecule has 1 amide bonds. The van der Waals surface area contributed by atoms with Gasteiger partial charge in [0.15, 0.2) is 0 Å². The van der Waals surface area contributed by atoms with Crippen LogP contribution in [0.25, 0.3) is 10.9 Å². The zero-order chi connectivity index (χ0) is 22.6. The lowest BCUT2D eigenvalue weighted by molar-refractivity contribution is 0.102. The highest BCUT2D eigenvalue weighted by Gasteiger charge is 2.13. The highest BCUT2D eigenvalue weighted by Crippen LogP contribution is 2.15. The van der Waals surface area contributed by atoms with Crippen molar-refractivity contribution in [2.45, 2.75) is 19.2 Å². The van der Waals surface area contributed by atoms with Gasteiger partial charge in [-0.05, 0) is 42.8 Å². The molecule has 0 spiro atoms. The van der Waals surface area contributed by atoms with Crippen LogP contribution >= 0.6 is 0 Å². The van der Waals surface area contributed by atoms with E-state index in [9.17, 15) is 22.8 Å². The maximum atomic E-state index is 12.6. The fourth-order valence-corrected chi connectivity index (χ4v) is 4.13. The minimum absolute atomic E-state index is 0.153. The number of fused-ring (bicyclic) bond motifs is 1. The van der Waals surface area contributed by atoms with Gasteiger partial charge in [0.05, 0.1) is 16.7 Å². The molecule has 1 heterocycles. The van der Waals surface area contributed by atoms with Crippen molar-refractivity contribution in [3.63, 3.8) is 0 Å². The van der Waals surface area contributed by atoms with E-state index < -0.39 is 27.2 Å². The van der Waals surface area contributed by atoms with Crippen molar-refractivity contribution >= 4 is 32.5 Å². The van der Waals surface area contributed by atoms with Gasteiger partial charge in [-0.15, -0.1) is 6.58 Å². The quantitative estimate of drug-likeness (QED) is 0.456. The van der Waals surface area contributed by atoms with E-state index in [0.717, 1.165) is 4.57 Å². The number of amides is 1. The van der Waals surface area contributed by atoms with E-state index in [0.29, 0.717) is 16.6 Å². The molecule has 2 aromatic carbocycles. The van der Waals surface area contributed by atoms with Crippen LogP contribution in [0.3, 0.4) is 0 Å². The summed E-state index contributed by atoms with van der Waals surface area (Å²) in [6.45, 7) is 5.56. The summed E-state index contributed by atoms with van der Waals surface area (Å²) in [6, 6.07) is 10.8. The number of anilines is 1. The number of nitrogens with zero attached hydrogens (tertiary/aromatic N) is 1. The molecule has 3 aromatic rings. The van der Waals surface area contributed by atoms with Gasteiger partial charge in [-0.3, -0.25) is 14.2 Å². The summed E-state index contributed by atoms with van der Waals surface area (Å²) in [5.41, 5.74) is 0.620. The largest absolute Gasteiger partial charge is 0.328 e. The molecule has 3 rings (SSSR count). The van der Waals surface area contributed by atoms with E-state index >= 15 is 0 Å². The number of carbonyl (C=O) groups excluding carboxylic acids is 1. The van der Waals surface area contributed by atoms with Crippen molar-refractivity contribution in [3.05, 3.63) is 87.1 Å². The first-order valence-corrected chi connectivity index (χ1v) is 11.1. The summed E-state index contributed by atoms with van der Waals surface area (Å²) in [4.78, 5) is 39.5. The van der Waals surface area contributed by atoms with Crippen LogP contribution < -0.4 is 21.3 Å². The Morgan fingerprint density at radius 1 is 1.16 bits per heavy atom. The maximum absolute atomic E-state index is 12.6. The Balaban J connectivity index is 1.77. The lowest BCUT2D eigenvalue weighted by atomic mass is 10.1. The molecule has 0 radical (unpaired) electrons. The Bertz CT molecular complexity index is 1360. The molecule has 1 aromatic heterocycles. The van der Waals surface area contributed by atoms with Crippen molar-refractivity contribution in [3.8, 4) is 0 Å². The second kappa shape index (κ2) is 9.11. The van der Waals surface area contributed by atoms with E-state index in [1.807, 2.05) is 0 Å². The summed E-state index contributed by atoms with van der Waals surface area (Å²) in [7, 11) is -3.47. The Morgan fingerprint density at radius 3 is 2.52 bits per heavy atom. The molecule has 9 nitrogen and oxygen atoms in total. The summed E-state index contributed by atoms with van der Waals surface area (Å²) in [5, 5.41) is 3.02. The molecule has 0 saturated heterocycles. The van der Waals surface area contributed by atoms with E-state index in [2.05, 4.69) is 21.6 Å². The molecular weight excluding hydrogens is 420 g/mol. The minimum Gasteiger partial charge on any atom is -0.322 e. The molecule has 0 aliphatic heterocycles. The molecule has 0 atom stereocenters. The molecule has 0 saturated carbocycles. The minimum atomic E-state index is -3.47. The van der Waals surface area contributed by atoms with Gasteiger partial charge < -0.3 is 10.3 Å². The monoisotopic (exact) mass is 442 g/mol. The van der Waals surface area contributed by atoms with Gasteiger partial charge in [-0.1, -0.05) is 18.2 Å². The van der Waals surface area contributed by atoms with Gasteiger partial charge in [0.1, 0.15) is 0 Å². The van der Waals surface area contributed by atoms with Crippen LogP contribution in [0.5, 0.6) is 0 Å². The van der Waals surface area contributed by atoms with Crippen LogP contribution in [-0.4, -0.2) is 30.4 Å². The van der Waals surface area contributed by atoms with Gasteiger partial charge in [-0.25, -0.2) is 17.9 Å². The van der Waals surface area contributed by atoms with Crippen molar-refractivity contribution < 1.29 is 13.2 Å². The summed E-state index contributed by atoms with van der Waals surface area (Å²) < 4.78 is 27.3. The van der Waals surface area contributed by atoms with Crippen molar-refractivity contribution in [1.82, 2.24) is 14.3 Å². The van der Waals surface area contributed by atoms with Crippen LogP contribution in [0.15, 0.2) is 64.7 Å². The third-order valence-electron chi connectivity index (χ3n) is 4.58. The number of sulfonamides is 1. The normalized spacial score (nSPS) is 11.4. The molecule has 0 aliphatic rings. The summed E-state index contributed by atoms with van der Waals surface area (Å²) >= 11 is 0. The van der Waals surface area contributed by atoms with Crippen molar-refractivity contribution in [2.24, 2.45) is 0 Å². The first-order valence-electron chi connectivity index (χ1n) is 9.49. The predicted octanol–water partition coefficient (Wildman–Crippen LogP) is 1.57. The van der Waals surface area contributed by atoms with Crippen molar-refractivity contribution in [2.75, 3.05) is 11.9 Å². The first-order chi connectivity index (χ1) is 14.7. The first kappa shape index (κ1) is 22.2. The molecule has 0 bridgehead atoms. The fraction of sp³-hybridized carbons (Fsp3) is 0.190. The SMILES string of the molecule is C=CCNS(=O)(=O)Cc1ccc(NC(=O)c2ccc3c(=O)n(CC)c(=O)[nH]c3c2)cc1. The van der Waals surface area contributed by atoms with Crippen LogP contribution in [-0.2, 0) is 22.3 Å². The molecule has 0 fully saturated rings. The zero-order valence-electron chi connectivity index (χ0n) is 16.8. The number of nitrogens with one attached hydrogen (secondary N) is 3. The predicted molar refractivity (Wildman–Crippen MR) is 120 cm³/mol. The van der Waals surface area contributed by atoms with E-state index in [-0.39, 0.29) is 29.9 Å². The Hall–Kier alpha value is -3.50. The lowest BCUT2D eigenvalue weighted by Crippen LogP contribution is -2.34. The van der Waals surface area contributed by atoms with Crippen LogP contribution in [0.2, 0.25) is 0 Å². The van der Waals surface area contributed by atoms with Gasteiger partial charge >= 0.3 is 5.69 Å². The third-order valence-corrected chi connectivity index (χ3v) is 5.90. The second-order valence-electron chi connectivity index (χ2n) is 6.79. The Kier molecular flexibility index (Phi) is 6.52. The molecule has 10 heteroatoms. The van der Waals surface area contributed by atoms with E-state index in [1.165, 1.54) is 24.3 Å². The number of H-pyrrole nitrogens is 1. The van der Waals surface area contributed by atoms with E-state index in [1.54, 1.807) is 31.2 Å². The van der Waals surface area contributed by atoms with Gasteiger partial charge in [0, 0.05) is 24.3 Å². The fourth-order valence-electron chi connectivity index (χ4n) is 3.03. The highest BCUT2D eigenvalue weighted by atomic mass is 32.2. The Morgan fingerprint density at radius 2 is 1.87 bits per heavy atom. The van der Waals surface area contributed by atoms with Crippen LogP contribution in [0.1, 0.15) is 22.8 Å². The molecule has 162 valence electrons. The number of aromatic amines is 1. The second-order valence-corrected chi connectivity index (χ2v) is 8.59. The molecule has 0 unspecified atom stereocenters. The number of hydrogen-bond acceptors (Lipinski definition) is 5. The van der Waals surface area contributed by atoms with Crippen LogP contribution in [0.4, 0.5) is 5.69 Å². The third kappa shape index (κ3) is 5.16.